The summed E-state index contributed by atoms with van der Waals surface area (Å²) in [7, 11) is 2.88. The number of benzene rings is 1. The van der Waals surface area contributed by atoms with E-state index in [-0.39, 0.29) is 30.4 Å². The molecular formula is C25H27BrN4O4. The van der Waals surface area contributed by atoms with Gasteiger partial charge in [0.15, 0.2) is 0 Å². The first-order valence-electron chi connectivity index (χ1n) is 11.5. The Morgan fingerprint density at radius 3 is 2.26 bits per heavy atom. The number of carbonyl (C=O) groups excluding carboxylic acids is 3. The molecule has 0 N–H and O–H groups in total. The molecule has 178 valence electrons. The molecule has 0 spiro atoms. The monoisotopic (exact) mass is 526 g/mol. The number of hydrogen-bond acceptors (Lipinski definition) is 5. The number of nitrogens with zero attached hydrogens (tertiary/aromatic N) is 4. The van der Waals surface area contributed by atoms with Crippen LogP contribution in [0.4, 0.5) is 4.79 Å². The third kappa shape index (κ3) is 3.71. The highest BCUT2D eigenvalue weighted by Crippen LogP contribution is 2.39. The number of piperidine rings is 1. The van der Waals surface area contributed by atoms with Crippen LogP contribution in [0.3, 0.4) is 0 Å². The summed E-state index contributed by atoms with van der Waals surface area (Å²) in [5.41, 5.74) is 0.496. The molecule has 2 atom stereocenters. The van der Waals surface area contributed by atoms with E-state index in [1.54, 1.807) is 12.1 Å². The number of imide groups is 2. The van der Waals surface area contributed by atoms with Gasteiger partial charge in [-0.05, 0) is 42.5 Å². The van der Waals surface area contributed by atoms with Gasteiger partial charge in [0.2, 0.25) is 11.8 Å². The Balaban J connectivity index is 1.50. The fourth-order valence-electron chi connectivity index (χ4n) is 5.93. The summed E-state index contributed by atoms with van der Waals surface area (Å²) in [4.78, 5) is 56.5. The van der Waals surface area contributed by atoms with Crippen LogP contribution in [0.25, 0.3) is 0 Å². The SMILES string of the molecule is CN1C(=O)N(C)C(=O)C(Cc2ccc(Br)cc2)(CN2C[C@H]3C[C@H](C2)c2cccc(=O)n2C3)C1=O. The molecule has 1 aromatic heterocycles. The van der Waals surface area contributed by atoms with E-state index < -0.39 is 23.3 Å². The lowest BCUT2D eigenvalue weighted by molar-refractivity contribution is -0.159. The van der Waals surface area contributed by atoms with Crippen LogP contribution in [0, 0.1) is 11.3 Å². The van der Waals surface area contributed by atoms with Crippen LogP contribution < -0.4 is 5.56 Å². The molecule has 4 heterocycles. The molecule has 0 saturated carbocycles. The molecule has 34 heavy (non-hydrogen) atoms. The summed E-state index contributed by atoms with van der Waals surface area (Å²) in [6.45, 7) is 2.22. The Bertz CT molecular complexity index is 1200. The number of likely N-dealkylation sites (tertiary alicyclic amines) is 1. The minimum absolute atomic E-state index is 0.0201. The summed E-state index contributed by atoms with van der Waals surface area (Å²) in [5.74, 6) is -0.495. The Labute approximate surface area is 206 Å². The fraction of sp³-hybridized carbons (Fsp3) is 0.440. The second-order valence-corrected chi connectivity index (χ2v) is 10.7. The zero-order valence-corrected chi connectivity index (χ0v) is 20.8. The molecule has 1 aromatic carbocycles. The Hall–Kier alpha value is -2.78. The predicted molar refractivity (Wildman–Crippen MR) is 129 cm³/mol. The predicted octanol–water partition coefficient (Wildman–Crippen LogP) is 2.31. The number of rotatable bonds is 4. The molecule has 2 bridgehead atoms. The van der Waals surface area contributed by atoms with Gasteiger partial charge in [-0.2, -0.15) is 0 Å². The summed E-state index contributed by atoms with van der Waals surface area (Å²) < 4.78 is 2.78. The molecule has 3 aliphatic rings. The second-order valence-electron chi connectivity index (χ2n) is 9.79. The quantitative estimate of drug-likeness (QED) is 0.571. The highest BCUT2D eigenvalue weighted by molar-refractivity contribution is 9.10. The topological polar surface area (TPSA) is 82.9 Å². The van der Waals surface area contributed by atoms with Crippen LogP contribution >= 0.6 is 15.9 Å². The lowest BCUT2D eigenvalue weighted by Gasteiger charge is -2.48. The maximum Gasteiger partial charge on any atom is 0.332 e. The first kappa shape index (κ1) is 23.0. The van der Waals surface area contributed by atoms with Gasteiger partial charge >= 0.3 is 6.03 Å². The third-order valence-electron chi connectivity index (χ3n) is 7.47. The lowest BCUT2D eigenvalue weighted by atomic mass is 9.75. The van der Waals surface area contributed by atoms with Gasteiger partial charge in [0.1, 0.15) is 5.41 Å². The Morgan fingerprint density at radius 2 is 1.59 bits per heavy atom. The largest absolute Gasteiger partial charge is 0.332 e. The van der Waals surface area contributed by atoms with Crippen LogP contribution in [0.15, 0.2) is 51.7 Å². The van der Waals surface area contributed by atoms with Crippen molar-refractivity contribution in [3.63, 3.8) is 0 Å². The molecule has 2 aromatic rings. The smallest absolute Gasteiger partial charge is 0.312 e. The molecule has 9 heteroatoms. The average Bonchev–Trinajstić information content (AvgIpc) is 2.82. The second kappa shape index (κ2) is 8.46. The average molecular weight is 527 g/mol. The summed E-state index contributed by atoms with van der Waals surface area (Å²) in [6, 6.07) is 12.4. The highest BCUT2D eigenvalue weighted by Gasteiger charge is 2.56. The van der Waals surface area contributed by atoms with Gasteiger partial charge in [0.25, 0.3) is 5.56 Å². The van der Waals surface area contributed by atoms with Crippen molar-refractivity contribution >= 4 is 33.8 Å². The van der Waals surface area contributed by atoms with Gasteiger partial charge in [-0.3, -0.25) is 24.2 Å². The number of hydrogen-bond donors (Lipinski definition) is 0. The van der Waals surface area contributed by atoms with Crippen molar-refractivity contribution in [2.45, 2.75) is 25.3 Å². The summed E-state index contributed by atoms with van der Waals surface area (Å²) in [6.07, 6.45) is 1.20. The zero-order valence-electron chi connectivity index (χ0n) is 19.2. The van der Waals surface area contributed by atoms with Gasteiger partial charge in [-0.15, -0.1) is 0 Å². The number of halogens is 1. The molecule has 0 radical (unpaired) electrons. The Kier molecular flexibility index (Phi) is 5.72. The fourth-order valence-corrected chi connectivity index (χ4v) is 6.20. The van der Waals surface area contributed by atoms with E-state index in [0.717, 1.165) is 32.0 Å². The molecule has 0 aliphatic carbocycles. The number of fused-ring (bicyclic) bond motifs is 4. The van der Waals surface area contributed by atoms with Gasteiger partial charge in [0.05, 0.1) is 0 Å². The standard InChI is InChI=1S/C25H27BrN4O4/c1-27-22(32)25(23(33)28(2)24(27)34,11-16-6-8-19(26)9-7-16)15-29-12-17-10-18(14-29)20-4-3-5-21(31)30(20)13-17/h3-9,17-18H,10-15H2,1-2H3/t17-,18-/m1/s1. The van der Waals surface area contributed by atoms with E-state index in [0.29, 0.717) is 19.6 Å². The van der Waals surface area contributed by atoms with Crippen molar-refractivity contribution < 1.29 is 14.4 Å². The van der Waals surface area contributed by atoms with Crippen molar-refractivity contribution in [1.82, 2.24) is 19.3 Å². The Morgan fingerprint density at radius 1 is 0.912 bits per heavy atom. The maximum atomic E-state index is 13.6. The van der Waals surface area contributed by atoms with E-state index in [1.807, 2.05) is 34.9 Å². The van der Waals surface area contributed by atoms with Crippen molar-refractivity contribution in [2.75, 3.05) is 33.7 Å². The first-order chi connectivity index (χ1) is 16.2. The third-order valence-corrected chi connectivity index (χ3v) is 8.00. The number of carbonyl (C=O) groups is 3. The van der Waals surface area contributed by atoms with E-state index in [9.17, 15) is 19.2 Å². The summed E-state index contributed by atoms with van der Waals surface area (Å²) in [5, 5.41) is 0. The van der Waals surface area contributed by atoms with Crippen LogP contribution in [0.2, 0.25) is 0 Å². The van der Waals surface area contributed by atoms with E-state index in [1.165, 1.54) is 14.1 Å². The van der Waals surface area contributed by atoms with Crippen molar-refractivity contribution in [3.8, 4) is 0 Å². The molecular weight excluding hydrogens is 500 g/mol. The summed E-state index contributed by atoms with van der Waals surface area (Å²) >= 11 is 3.43. The number of barbiturate groups is 1. The molecule has 3 aliphatic heterocycles. The van der Waals surface area contributed by atoms with Crippen LogP contribution in [-0.4, -0.2) is 70.8 Å². The van der Waals surface area contributed by atoms with Crippen LogP contribution in [-0.2, 0) is 22.6 Å². The minimum atomic E-state index is -1.40. The van der Waals surface area contributed by atoms with Gasteiger partial charge < -0.3 is 9.47 Å². The van der Waals surface area contributed by atoms with Crippen LogP contribution in [0.1, 0.15) is 23.6 Å². The zero-order chi connectivity index (χ0) is 24.2. The van der Waals surface area contributed by atoms with E-state index in [4.69, 9.17) is 0 Å². The van der Waals surface area contributed by atoms with E-state index >= 15 is 0 Å². The normalized spacial score (nSPS) is 24.4. The maximum absolute atomic E-state index is 13.6. The van der Waals surface area contributed by atoms with Crippen molar-refractivity contribution in [2.24, 2.45) is 11.3 Å². The van der Waals surface area contributed by atoms with E-state index in [2.05, 4.69) is 20.8 Å². The van der Waals surface area contributed by atoms with Gasteiger partial charge in [0, 0.05) is 62.4 Å². The molecule has 5 rings (SSSR count). The molecule has 4 amide bonds. The molecule has 0 unspecified atom stereocenters. The van der Waals surface area contributed by atoms with Crippen molar-refractivity contribution in [3.05, 3.63) is 68.5 Å². The lowest BCUT2D eigenvalue weighted by Crippen LogP contribution is -2.67. The van der Waals surface area contributed by atoms with Gasteiger partial charge in [-0.1, -0.05) is 34.1 Å². The molecule has 8 nitrogen and oxygen atoms in total. The number of aromatic nitrogens is 1. The number of pyridine rings is 1. The number of amides is 4. The number of urea groups is 1. The first-order valence-corrected chi connectivity index (χ1v) is 12.3. The molecule has 2 fully saturated rings. The molecule has 2 saturated heterocycles. The van der Waals surface area contributed by atoms with Gasteiger partial charge in [-0.25, -0.2) is 4.79 Å². The minimum Gasteiger partial charge on any atom is -0.312 e. The highest BCUT2D eigenvalue weighted by atomic mass is 79.9. The van der Waals surface area contributed by atoms with Crippen LogP contribution in [0.5, 0.6) is 0 Å². The van der Waals surface area contributed by atoms with Crippen molar-refractivity contribution in [1.29, 1.82) is 0 Å².